The Bertz CT molecular complexity index is 1350. The van der Waals surface area contributed by atoms with E-state index in [0.29, 0.717) is 30.0 Å². The lowest BCUT2D eigenvalue weighted by Gasteiger charge is -2.35. The van der Waals surface area contributed by atoms with Gasteiger partial charge in [0.2, 0.25) is 0 Å². The second-order valence-corrected chi connectivity index (χ2v) is 10.8. The van der Waals surface area contributed by atoms with Gasteiger partial charge in [0.05, 0.1) is 30.3 Å². The van der Waals surface area contributed by atoms with Crippen LogP contribution in [0.15, 0.2) is 71.6 Å². The molecule has 1 amide bonds. The van der Waals surface area contributed by atoms with Crippen LogP contribution in [0.25, 0.3) is 0 Å². The van der Waals surface area contributed by atoms with Crippen molar-refractivity contribution in [2.24, 2.45) is 0 Å². The lowest BCUT2D eigenvalue weighted by molar-refractivity contribution is -0.135. The highest BCUT2D eigenvalue weighted by Crippen LogP contribution is 2.39. The van der Waals surface area contributed by atoms with Crippen molar-refractivity contribution in [1.29, 1.82) is 0 Å². The fourth-order valence-electron chi connectivity index (χ4n) is 4.16. The van der Waals surface area contributed by atoms with Crippen molar-refractivity contribution in [2.45, 2.75) is 17.1 Å². The molecular formula is C26H25FN2O5S. The van der Waals surface area contributed by atoms with E-state index in [9.17, 15) is 17.6 Å². The molecule has 182 valence electrons. The predicted molar refractivity (Wildman–Crippen MR) is 130 cm³/mol. The Kier molecular flexibility index (Phi) is 5.98. The van der Waals surface area contributed by atoms with E-state index >= 15 is 0 Å². The summed E-state index contributed by atoms with van der Waals surface area (Å²) in [5.41, 5.74) is 2.20. The van der Waals surface area contributed by atoms with E-state index < -0.39 is 15.5 Å². The molecule has 1 N–H and O–H groups in total. The summed E-state index contributed by atoms with van der Waals surface area (Å²) in [6.45, 7) is 1.52. The number of fused-ring (bicyclic) bond motifs is 1. The highest BCUT2D eigenvalue weighted by atomic mass is 32.2. The smallest absolute Gasteiger partial charge is 0.251 e. The fourth-order valence-corrected chi connectivity index (χ4v) is 4.79. The Morgan fingerprint density at radius 1 is 1.06 bits per heavy atom. The number of ether oxygens (including phenoxy) is 2. The first-order valence-corrected chi connectivity index (χ1v) is 13.1. The van der Waals surface area contributed by atoms with E-state index in [1.165, 1.54) is 12.1 Å². The third-order valence-electron chi connectivity index (χ3n) is 6.25. The Balaban J connectivity index is 1.28. The number of hydrogen-bond acceptors (Lipinski definition) is 6. The molecule has 35 heavy (non-hydrogen) atoms. The minimum absolute atomic E-state index is 0.0868. The third-order valence-corrected chi connectivity index (χ3v) is 7.38. The van der Waals surface area contributed by atoms with E-state index in [0.717, 1.165) is 23.2 Å². The van der Waals surface area contributed by atoms with Crippen molar-refractivity contribution in [1.82, 2.24) is 5.32 Å². The summed E-state index contributed by atoms with van der Waals surface area (Å²) in [4.78, 5) is 15.0. The summed E-state index contributed by atoms with van der Waals surface area (Å²) in [6, 6.07) is 19.1. The number of halogens is 1. The SMILES string of the molecule is CS(=O)(=O)c1ccc(CNC(=O)c2ccc3c(c2)OCCN3c2ccc(C3(F)COC3)cc2)cc1. The van der Waals surface area contributed by atoms with Crippen molar-refractivity contribution in [2.75, 3.05) is 37.5 Å². The second-order valence-electron chi connectivity index (χ2n) is 8.79. The van der Waals surface area contributed by atoms with E-state index in [4.69, 9.17) is 9.47 Å². The molecule has 3 aromatic carbocycles. The number of anilines is 2. The number of nitrogens with one attached hydrogen (secondary N) is 1. The molecule has 2 aliphatic heterocycles. The maximum absolute atomic E-state index is 14.6. The molecule has 0 atom stereocenters. The number of hydrogen-bond donors (Lipinski definition) is 1. The monoisotopic (exact) mass is 496 g/mol. The van der Waals surface area contributed by atoms with Gasteiger partial charge < -0.3 is 19.7 Å². The molecule has 0 radical (unpaired) electrons. The Hall–Kier alpha value is -3.43. The van der Waals surface area contributed by atoms with Crippen LogP contribution in [0.2, 0.25) is 0 Å². The van der Waals surface area contributed by atoms with Gasteiger partial charge in [0.25, 0.3) is 5.91 Å². The first-order valence-electron chi connectivity index (χ1n) is 11.2. The number of rotatable bonds is 6. The highest BCUT2D eigenvalue weighted by Gasteiger charge is 2.40. The van der Waals surface area contributed by atoms with E-state index in [2.05, 4.69) is 10.2 Å². The van der Waals surface area contributed by atoms with Crippen molar-refractivity contribution in [3.05, 3.63) is 83.4 Å². The average Bonchev–Trinajstić information content (AvgIpc) is 2.85. The summed E-state index contributed by atoms with van der Waals surface area (Å²) in [7, 11) is -3.26. The van der Waals surface area contributed by atoms with E-state index in [1.54, 1.807) is 36.4 Å². The first-order chi connectivity index (χ1) is 16.7. The van der Waals surface area contributed by atoms with Crippen LogP contribution in [0.1, 0.15) is 21.5 Å². The number of nitrogens with zero attached hydrogens (tertiary/aromatic N) is 1. The Morgan fingerprint density at radius 3 is 2.40 bits per heavy atom. The zero-order chi connectivity index (χ0) is 24.6. The van der Waals surface area contributed by atoms with Crippen molar-refractivity contribution in [3.8, 4) is 5.75 Å². The van der Waals surface area contributed by atoms with Crippen LogP contribution < -0.4 is 15.0 Å². The van der Waals surface area contributed by atoms with Gasteiger partial charge in [0.15, 0.2) is 15.5 Å². The zero-order valence-corrected chi connectivity index (χ0v) is 20.0. The van der Waals surface area contributed by atoms with Crippen LogP contribution in [-0.2, 0) is 26.8 Å². The molecule has 3 aromatic rings. The molecule has 2 aliphatic rings. The maximum Gasteiger partial charge on any atom is 0.251 e. The summed E-state index contributed by atoms with van der Waals surface area (Å²) in [5, 5.41) is 2.85. The van der Waals surface area contributed by atoms with Crippen molar-refractivity contribution >= 4 is 27.1 Å². The van der Waals surface area contributed by atoms with Crippen LogP contribution in [0, 0.1) is 0 Å². The Labute approximate surface area is 203 Å². The molecule has 0 aromatic heterocycles. The zero-order valence-electron chi connectivity index (χ0n) is 19.2. The number of alkyl halides is 1. The fraction of sp³-hybridized carbons (Fsp3) is 0.269. The molecule has 0 unspecified atom stereocenters. The molecule has 1 fully saturated rings. The van der Waals surface area contributed by atoms with Gasteiger partial charge in [0, 0.05) is 24.1 Å². The maximum atomic E-state index is 14.6. The molecule has 1 saturated heterocycles. The minimum Gasteiger partial charge on any atom is -0.490 e. The first kappa shape index (κ1) is 23.3. The molecular weight excluding hydrogens is 471 g/mol. The van der Waals surface area contributed by atoms with Crippen molar-refractivity contribution in [3.63, 3.8) is 0 Å². The van der Waals surface area contributed by atoms with Crippen LogP contribution in [0.5, 0.6) is 5.75 Å². The van der Waals surface area contributed by atoms with Gasteiger partial charge in [-0.25, -0.2) is 12.8 Å². The van der Waals surface area contributed by atoms with Gasteiger partial charge in [-0.15, -0.1) is 0 Å². The molecule has 0 bridgehead atoms. The summed E-state index contributed by atoms with van der Waals surface area (Å²) >= 11 is 0. The quantitative estimate of drug-likeness (QED) is 0.560. The average molecular weight is 497 g/mol. The molecule has 0 aliphatic carbocycles. The molecule has 5 rings (SSSR count). The topological polar surface area (TPSA) is 84.9 Å². The van der Waals surface area contributed by atoms with Crippen LogP contribution in [0.3, 0.4) is 0 Å². The summed E-state index contributed by atoms with van der Waals surface area (Å²) in [5.74, 6) is 0.334. The van der Waals surface area contributed by atoms with Gasteiger partial charge in [-0.05, 0) is 53.6 Å². The van der Waals surface area contributed by atoms with E-state index in [-0.39, 0.29) is 30.6 Å². The van der Waals surface area contributed by atoms with Gasteiger partial charge in [-0.3, -0.25) is 4.79 Å². The Morgan fingerprint density at radius 2 is 1.77 bits per heavy atom. The minimum atomic E-state index is -3.26. The summed E-state index contributed by atoms with van der Waals surface area (Å²) in [6.07, 6.45) is 1.15. The highest BCUT2D eigenvalue weighted by molar-refractivity contribution is 7.90. The van der Waals surface area contributed by atoms with Gasteiger partial charge in [-0.1, -0.05) is 24.3 Å². The number of carbonyl (C=O) groups is 1. The van der Waals surface area contributed by atoms with E-state index in [1.807, 2.05) is 18.2 Å². The van der Waals surface area contributed by atoms with Gasteiger partial charge in [0.1, 0.15) is 12.4 Å². The normalized spacial score (nSPS) is 16.6. The lowest BCUT2D eigenvalue weighted by atomic mass is 9.94. The molecule has 9 heteroatoms. The number of benzene rings is 3. The second kappa shape index (κ2) is 8.98. The van der Waals surface area contributed by atoms with Crippen LogP contribution >= 0.6 is 0 Å². The van der Waals surface area contributed by atoms with Gasteiger partial charge >= 0.3 is 0 Å². The molecule has 0 spiro atoms. The molecule has 0 saturated carbocycles. The summed E-state index contributed by atoms with van der Waals surface area (Å²) < 4.78 is 48.6. The number of amides is 1. The number of sulfone groups is 1. The lowest BCUT2D eigenvalue weighted by Crippen LogP contribution is -2.42. The van der Waals surface area contributed by atoms with Crippen molar-refractivity contribution < 1.29 is 27.1 Å². The number of carbonyl (C=O) groups excluding carboxylic acids is 1. The third kappa shape index (κ3) is 4.74. The van der Waals surface area contributed by atoms with Gasteiger partial charge in [-0.2, -0.15) is 0 Å². The van der Waals surface area contributed by atoms with Crippen LogP contribution in [0.4, 0.5) is 15.8 Å². The standard InChI is InChI=1S/C26H25FN2O5S/c1-35(31,32)22-9-2-18(3-10-22)15-28-25(30)19-4-11-23-24(14-19)34-13-12-29(23)21-7-5-20(6-8-21)26(27)16-33-17-26/h2-11,14H,12-13,15-17H2,1H3,(H,28,30). The van der Waals surface area contributed by atoms with Crippen LogP contribution in [-0.4, -0.2) is 46.9 Å². The predicted octanol–water partition coefficient (Wildman–Crippen LogP) is 3.75. The largest absolute Gasteiger partial charge is 0.490 e. The molecule has 2 heterocycles. The molecule has 7 nitrogen and oxygen atoms in total.